The summed E-state index contributed by atoms with van der Waals surface area (Å²) in [7, 11) is 2.13. The average molecular weight is 339 g/mol. The Kier molecular flexibility index (Phi) is 4.01. The lowest BCUT2D eigenvalue weighted by Crippen LogP contribution is -2.45. The summed E-state index contributed by atoms with van der Waals surface area (Å²) in [6, 6.07) is 3.76. The molecular formula is C18H21N5O2. The number of anilines is 1. The normalized spacial score (nSPS) is 15.7. The van der Waals surface area contributed by atoms with E-state index in [-0.39, 0.29) is 0 Å². The molecule has 1 aliphatic heterocycles. The minimum Gasteiger partial charge on any atom is -0.463 e. The molecule has 7 heteroatoms. The third-order valence-electron chi connectivity index (χ3n) is 4.72. The number of furan rings is 1. The number of piperazine rings is 1. The second-order valence-electron chi connectivity index (χ2n) is 6.42. The Balaban J connectivity index is 1.79. The third-order valence-corrected chi connectivity index (χ3v) is 4.72. The molecule has 0 aliphatic carbocycles. The molecule has 0 unspecified atom stereocenters. The van der Waals surface area contributed by atoms with Gasteiger partial charge >= 0.3 is 0 Å². The standard InChI is InChI=1S/C18H21N5O2/c1-12-13(2)21-25-17(12)14-11-19-18(23-8-6-22(3)7-9-23)20-16(14)15-5-4-10-24-15/h4-5,10-11H,6-9H2,1-3H3. The highest BCUT2D eigenvalue weighted by molar-refractivity contribution is 5.77. The smallest absolute Gasteiger partial charge is 0.226 e. The van der Waals surface area contributed by atoms with E-state index in [2.05, 4.69) is 27.0 Å². The molecule has 0 N–H and O–H groups in total. The summed E-state index contributed by atoms with van der Waals surface area (Å²) < 4.78 is 11.1. The fraction of sp³-hybridized carbons (Fsp3) is 0.389. The maximum Gasteiger partial charge on any atom is 0.226 e. The molecule has 4 heterocycles. The van der Waals surface area contributed by atoms with Crippen molar-refractivity contribution in [3.63, 3.8) is 0 Å². The Morgan fingerprint density at radius 2 is 1.92 bits per heavy atom. The lowest BCUT2D eigenvalue weighted by atomic mass is 10.1. The highest BCUT2D eigenvalue weighted by atomic mass is 16.5. The van der Waals surface area contributed by atoms with Gasteiger partial charge in [-0.3, -0.25) is 0 Å². The molecule has 0 saturated carbocycles. The molecule has 3 aromatic heterocycles. The van der Waals surface area contributed by atoms with Crippen molar-refractivity contribution in [2.24, 2.45) is 0 Å². The number of aromatic nitrogens is 3. The van der Waals surface area contributed by atoms with Crippen molar-refractivity contribution in [2.45, 2.75) is 13.8 Å². The fourth-order valence-electron chi connectivity index (χ4n) is 2.97. The summed E-state index contributed by atoms with van der Waals surface area (Å²) in [6.45, 7) is 7.74. The quantitative estimate of drug-likeness (QED) is 0.726. The van der Waals surface area contributed by atoms with Crippen LogP contribution in [0.1, 0.15) is 11.3 Å². The molecule has 25 heavy (non-hydrogen) atoms. The van der Waals surface area contributed by atoms with E-state index >= 15 is 0 Å². The third kappa shape index (κ3) is 2.91. The summed E-state index contributed by atoms with van der Waals surface area (Å²) in [4.78, 5) is 13.9. The second kappa shape index (κ2) is 6.33. The molecule has 0 radical (unpaired) electrons. The largest absolute Gasteiger partial charge is 0.463 e. The molecule has 0 spiro atoms. The minimum atomic E-state index is 0.689. The number of rotatable bonds is 3. The number of hydrogen-bond acceptors (Lipinski definition) is 7. The van der Waals surface area contributed by atoms with Crippen LogP contribution >= 0.6 is 0 Å². The van der Waals surface area contributed by atoms with Crippen molar-refractivity contribution in [3.8, 4) is 22.8 Å². The summed E-state index contributed by atoms with van der Waals surface area (Å²) in [5.74, 6) is 2.10. The van der Waals surface area contributed by atoms with Gasteiger partial charge in [0.15, 0.2) is 11.5 Å². The van der Waals surface area contributed by atoms with Gasteiger partial charge in [0.2, 0.25) is 5.95 Å². The number of likely N-dealkylation sites (N-methyl/N-ethyl adjacent to an activating group) is 1. The van der Waals surface area contributed by atoms with Gasteiger partial charge in [0, 0.05) is 37.9 Å². The van der Waals surface area contributed by atoms with E-state index in [9.17, 15) is 0 Å². The van der Waals surface area contributed by atoms with Gasteiger partial charge < -0.3 is 18.7 Å². The van der Waals surface area contributed by atoms with Gasteiger partial charge in [-0.15, -0.1) is 0 Å². The summed E-state index contributed by atoms with van der Waals surface area (Å²) in [6.07, 6.45) is 3.46. The Morgan fingerprint density at radius 3 is 2.56 bits per heavy atom. The van der Waals surface area contributed by atoms with Gasteiger partial charge in [0.1, 0.15) is 5.69 Å². The highest BCUT2D eigenvalue weighted by Gasteiger charge is 2.23. The zero-order chi connectivity index (χ0) is 17.4. The van der Waals surface area contributed by atoms with Crippen molar-refractivity contribution >= 4 is 5.95 Å². The van der Waals surface area contributed by atoms with Crippen molar-refractivity contribution in [2.75, 3.05) is 38.1 Å². The van der Waals surface area contributed by atoms with Crippen LogP contribution in [0.15, 0.2) is 33.5 Å². The van der Waals surface area contributed by atoms with E-state index in [1.807, 2.05) is 32.2 Å². The maximum atomic E-state index is 5.61. The number of aryl methyl sites for hydroxylation is 1. The van der Waals surface area contributed by atoms with Crippen molar-refractivity contribution in [3.05, 3.63) is 35.9 Å². The number of hydrogen-bond donors (Lipinski definition) is 0. The molecule has 0 bridgehead atoms. The molecule has 0 atom stereocenters. The van der Waals surface area contributed by atoms with E-state index < -0.39 is 0 Å². The first-order chi connectivity index (χ1) is 12.1. The van der Waals surface area contributed by atoms with E-state index in [1.54, 1.807) is 6.26 Å². The Hall–Kier alpha value is -2.67. The summed E-state index contributed by atoms with van der Waals surface area (Å²) >= 11 is 0. The maximum absolute atomic E-state index is 5.61. The zero-order valence-corrected chi connectivity index (χ0v) is 14.7. The molecule has 4 rings (SSSR count). The molecule has 3 aromatic rings. The average Bonchev–Trinajstić information content (AvgIpc) is 3.27. The molecule has 0 aromatic carbocycles. The second-order valence-corrected chi connectivity index (χ2v) is 6.42. The van der Waals surface area contributed by atoms with Crippen molar-refractivity contribution in [1.29, 1.82) is 0 Å². The van der Waals surface area contributed by atoms with Crippen molar-refractivity contribution in [1.82, 2.24) is 20.0 Å². The summed E-state index contributed by atoms with van der Waals surface area (Å²) in [5, 5.41) is 4.06. The van der Waals surface area contributed by atoms with Crippen LogP contribution in [0, 0.1) is 13.8 Å². The summed E-state index contributed by atoms with van der Waals surface area (Å²) in [5.41, 5.74) is 3.38. The van der Waals surface area contributed by atoms with Gasteiger partial charge in [0.25, 0.3) is 0 Å². The van der Waals surface area contributed by atoms with Crippen LogP contribution in [0.5, 0.6) is 0 Å². The van der Waals surface area contributed by atoms with Crippen LogP contribution in [0.4, 0.5) is 5.95 Å². The molecule has 0 amide bonds. The predicted molar refractivity (Wildman–Crippen MR) is 94.4 cm³/mol. The Bertz CT molecular complexity index is 864. The van der Waals surface area contributed by atoms with E-state index in [1.165, 1.54) is 0 Å². The van der Waals surface area contributed by atoms with Gasteiger partial charge in [-0.2, -0.15) is 0 Å². The monoisotopic (exact) mass is 339 g/mol. The van der Waals surface area contributed by atoms with Gasteiger partial charge in [-0.25, -0.2) is 9.97 Å². The fourth-order valence-corrected chi connectivity index (χ4v) is 2.97. The zero-order valence-electron chi connectivity index (χ0n) is 14.7. The first kappa shape index (κ1) is 15.8. The SMILES string of the molecule is Cc1noc(-c2cnc(N3CCN(C)CC3)nc2-c2ccco2)c1C. The van der Waals surface area contributed by atoms with E-state index in [0.29, 0.717) is 11.5 Å². The minimum absolute atomic E-state index is 0.689. The van der Waals surface area contributed by atoms with Gasteiger partial charge in [-0.05, 0) is 33.0 Å². The molecular weight excluding hydrogens is 318 g/mol. The van der Waals surface area contributed by atoms with Crippen molar-refractivity contribution < 1.29 is 8.94 Å². The first-order valence-corrected chi connectivity index (χ1v) is 8.41. The highest BCUT2D eigenvalue weighted by Crippen LogP contribution is 2.34. The molecule has 1 fully saturated rings. The van der Waals surface area contributed by atoms with Gasteiger partial charge in [-0.1, -0.05) is 5.16 Å². The van der Waals surface area contributed by atoms with Crippen LogP contribution in [-0.2, 0) is 0 Å². The molecule has 7 nitrogen and oxygen atoms in total. The van der Waals surface area contributed by atoms with Crippen LogP contribution in [0.3, 0.4) is 0 Å². The molecule has 1 aliphatic rings. The Labute approximate surface area is 146 Å². The van der Waals surface area contributed by atoms with Crippen LogP contribution in [0.2, 0.25) is 0 Å². The van der Waals surface area contributed by atoms with E-state index in [4.69, 9.17) is 13.9 Å². The predicted octanol–water partition coefficient (Wildman–Crippen LogP) is 2.76. The topological polar surface area (TPSA) is 71.4 Å². The van der Waals surface area contributed by atoms with Crippen LogP contribution < -0.4 is 4.90 Å². The lowest BCUT2D eigenvalue weighted by Gasteiger charge is -2.32. The number of nitrogens with zero attached hydrogens (tertiary/aromatic N) is 5. The van der Waals surface area contributed by atoms with E-state index in [0.717, 1.165) is 54.6 Å². The Morgan fingerprint density at radius 1 is 1.12 bits per heavy atom. The van der Waals surface area contributed by atoms with Gasteiger partial charge in [0.05, 0.1) is 17.5 Å². The first-order valence-electron chi connectivity index (χ1n) is 8.41. The van der Waals surface area contributed by atoms with Crippen LogP contribution in [-0.4, -0.2) is 53.3 Å². The van der Waals surface area contributed by atoms with Crippen LogP contribution in [0.25, 0.3) is 22.8 Å². The lowest BCUT2D eigenvalue weighted by molar-refractivity contribution is 0.311. The molecule has 1 saturated heterocycles. The molecule has 130 valence electrons.